The predicted molar refractivity (Wildman–Crippen MR) is 93.9 cm³/mol. The lowest BCUT2D eigenvalue weighted by Crippen LogP contribution is -2.34. The number of hydrogen-bond acceptors (Lipinski definition) is 5. The molecule has 7 heteroatoms. The standard InChI is InChI=1S/C19H24N4O3/c1-3-13(2)17-20-21-18(26-17)16-10-9-15-11-22(16)19(24)23(15)25-12-14-7-5-4-6-8-14/h4-8,13,15-16H,3,9-12H2,1-2H3/t13-,15+,16-/m0/s1. The van der Waals surface area contributed by atoms with Crippen molar-refractivity contribution in [3.63, 3.8) is 0 Å². The van der Waals surface area contributed by atoms with Crippen molar-refractivity contribution >= 4 is 6.03 Å². The summed E-state index contributed by atoms with van der Waals surface area (Å²) < 4.78 is 5.86. The number of benzene rings is 1. The van der Waals surface area contributed by atoms with Crippen LogP contribution in [-0.2, 0) is 11.4 Å². The van der Waals surface area contributed by atoms with Gasteiger partial charge in [-0.25, -0.2) is 4.79 Å². The number of piperidine rings is 1. The van der Waals surface area contributed by atoms with Crippen LogP contribution >= 0.6 is 0 Å². The van der Waals surface area contributed by atoms with E-state index >= 15 is 0 Å². The third kappa shape index (κ3) is 3.07. The van der Waals surface area contributed by atoms with E-state index in [0.29, 0.717) is 24.9 Å². The summed E-state index contributed by atoms with van der Waals surface area (Å²) in [5.74, 6) is 1.41. The van der Waals surface area contributed by atoms with Gasteiger partial charge >= 0.3 is 6.03 Å². The fraction of sp³-hybridized carbons (Fsp3) is 0.526. The highest BCUT2D eigenvalue weighted by atomic mass is 16.7. The zero-order valence-electron chi connectivity index (χ0n) is 15.2. The summed E-state index contributed by atoms with van der Waals surface area (Å²) in [6.45, 7) is 5.18. The number of hydrogen-bond donors (Lipinski definition) is 0. The second-order valence-electron chi connectivity index (χ2n) is 7.05. The first kappa shape index (κ1) is 17.0. The van der Waals surface area contributed by atoms with Gasteiger partial charge in [0.15, 0.2) is 0 Å². The summed E-state index contributed by atoms with van der Waals surface area (Å²) in [5.41, 5.74) is 1.04. The lowest BCUT2D eigenvalue weighted by molar-refractivity contribution is -0.140. The molecule has 4 rings (SSSR count). The largest absolute Gasteiger partial charge is 0.423 e. The summed E-state index contributed by atoms with van der Waals surface area (Å²) in [6.07, 6.45) is 2.62. The number of amides is 2. The molecule has 3 heterocycles. The third-order valence-corrected chi connectivity index (χ3v) is 5.31. The van der Waals surface area contributed by atoms with Gasteiger partial charge in [0.1, 0.15) is 12.6 Å². The fourth-order valence-electron chi connectivity index (χ4n) is 3.53. The van der Waals surface area contributed by atoms with Crippen molar-refractivity contribution in [2.24, 2.45) is 0 Å². The zero-order chi connectivity index (χ0) is 18.1. The first-order valence-electron chi connectivity index (χ1n) is 9.27. The minimum atomic E-state index is -0.158. The van der Waals surface area contributed by atoms with Gasteiger partial charge in [-0.2, -0.15) is 5.06 Å². The normalized spacial score (nSPS) is 23.5. The zero-order valence-corrected chi connectivity index (χ0v) is 15.2. The molecule has 0 saturated carbocycles. The Morgan fingerprint density at radius 2 is 2.08 bits per heavy atom. The second kappa shape index (κ2) is 7.07. The molecule has 0 radical (unpaired) electrons. The predicted octanol–water partition coefficient (Wildman–Crippen LogP) is 3.66. The van der Waals surface area contributed by atoms with Crippen LogP contribution in [0.15, 0.2) is 34.7 Å². The van der Waals surface area contributed by atoms with Gasteiger partial charge in [-0.1, -0.05) is 44.2 Å². The maximum absolute atomic E-state index is 12.8. The maximum Gasteiger partial charge on any atom is 0.345 e. The van der Waals surface area contributed by atoms with Crippen LogP contribution in [0.2, 0.25) is 0 Å². The Kier molecular flexibility index (Phi) is 4.63. The van der Waals surface area contributed by atoms with Crippen molar-refractivity contribution in [1.29, 1.82) is 0 Å². The number of carbonyl (C=O) groups is 1. The lowest BCUT2D eigenvalue weighted by atomic mass is 10.0. The molecule has 2 bridgehead atoms. The molecule has 2 aliphatic rings. The molecule has 3 atom stereocenters. The molecule has 0 unspecified atom stereocenters. The molecule has 2 amide bonds. The van der Waals surface area contributed by atoms with Crippen LogP contribution in [0.5, 0.6) is 0 Å². The average molecular weight is 356 g/mol. The minimum absolute atomic E-state index is 0.0828. The maximum atomic E-state index is 12.8. The number of fused-ring (bicyclic) bond motifs is 2. The van der Waals surface area contributed by atoms with Crippen molar-refractivity contribution in [1.82, 2.24) is 20.2 Å². The summed E-state index contributed by atoms with van der Waals surface area (Å²) in [6, 6.07) is 9.69. The van der Waals surface area contributed by atoms with Crippen LogP contribution in [0, 0.1) is 0 Å². The van der Waals surface area contributed by atoms with E-state index < -0.39 is 0 Å². The number of carbonyl (C=O) groups excluding carboxylic acids is 1. The van der Waals surface area contributed by atoms with E-state index in [-0.39, 0.29) is 24.0 Å². The van der Waals surface area contributed by atoms with Crippen molar-refractivity contribution in [2.45, 2.75) is 57.7 Å². The van der Waals surface area contributed by atoms with E-state index in [1.165, 1.54) is 5.06 Å². The number of urea groups is 1. The van der Waals surface area contributed by atoms with E-state index in [9.17, 15) is 4.79 Å². The lowest BCUT2D eigenvalue weighted by Gasteiger charge is -2.27. The highest BCUT2D eigenvalue weighted by Gasteiger charge is 2.47. The summed E-state index contributed by atoms with van der Waals surface area (Å²) in [4.78, 5) is 20.5. The van der Waals surface area contributed by atoms with Crippen molar-refractivity contribution in [3.8, 4) is 0 Å². The molecule has 2 saturated heterocycles. The molecule has 2 fully saturated rings. The SMILES string of the molecule is CC[C@H](C)c1nnc([C@@H]2CC[C@@H]3CN2C(=O)N3OCc2ccccc2)o1. The summed E-state index contributed by atoms with van der Waals surface area (Å²) in [7, 11) is 0. The highest BCUT2D eigenvalue weighted by Crippen LogP contribution is 2.38. The molecule has 7 nitrogen and oxygen atoms in total. The van der Waals surface area contributed by atoms with Gasteiger partial charge < -0.3 is 9.32 Å². The van der Waals surface area contributed by atoms with E-state index in [4.69, 9.17) is 9.25 Å². The highest BCUT2D eigenvalue weighted by molar-refractivity contribution is 5.77. The Labute approximate surface area is 152 Å². The smallest absolute Gasteiger partial charge is 0.345 e. The van der Waals surface area contributed by atoms with Crippen LogP contribution in [-0.4, -0.2) is 38.8 Å². The molecular formula is C19H24N4O3. The van der Waals surface area contributed by atoms with Gasteiger partial charge in [0.05, 0.1) is 6.04 Å². The summed E-state index contributed by atoms with van der Waals surface area (Å²) >= 11 is 0. The Bertz CT molecular complexity index is 763. The molecule has 0 N–H and O–H groups in total. The second-order valence-corrected chi connectivity index (χ2v) is 7.05. The Morgan fingerprint density at radius 1 is 1.27 bits per heavy atom. The molecule has 1 aromatic carbocycles. The Morgan fingerprint density at radius 3 is 2.85 bits per heavy atom. The van der Waals surface area contributed by atoms with Gasteiger partial charge in [-0.05, 0) is 24.8 Å². The van der Waals surface area contributed by atoms with Crippen LogP contribution < -0.4 is 0 Å². The van der Waals surface area contributed by atoms with Crippen LogP contribution in [0.3, 0.4) is 0 Å². The molecule has 138 valence electrons. The van der Waals surface area contributed by atoms with Crippen LogP contribution in [0.4, 0.5) is 4.79 Å². The minimum Gasteiger partial charge on any atom is -0.423 e. The van der Waals surface area contributed by atoms with Gasteiger partial charge in [0.2, 0.25) is 11.8 Å². The monoisotopic (exact) mass is 356 g/mol. The number of hydroxylamine groups is 2. The third-order valence-electron chi connectivity index (χ3n) is 5.31. The van der Waals surface area contributed by atoms with Gasteiger partial charge in [0, 0.05) is 12.5 Å². The fourth-order valence-corrected chi connectivity index (χ4v) is 3.53. The van der Waals surface area contributed by atoms with Gasteiger partial charge in [0.25, 0.3) is 0 Å². The number of nitrogens with zero attached hydrogens (tertiary/aromatic N) is 4. The van der Waals surface area contributed by atoms with Crippen molar-refractivity contribution in [3.05, 3.63) is 47.7 Å². The number of aromatic nitrogens is 2. The Balaban J connectivity index is 1.45. The van der Waals surface area contributed by atoms with Crippen LogP contribution in [0.1, 0.15) is 62.4 Å². The average Bonchev–Trinajstić information content (AvgIpc) is 3.26. The van der Waals surface area contributed by atoms with E-state index in [1.807, 2.05) is 30.3 Å². The quantitative estimate of drug-likeness (QED) is 0.790. The van der Waals surface area contributed by atoms with Gasteiger partial charge in [-0.3, -0.25) is 4.84 Å². The first-order chi connectivity index (χ1) is 12.7. The van der Waals surface area contributed by atoms with E-state index in [0.717, 1.165) is 24.8 Å². The summed E-state index contributed by atoms with van der Waals surface area (Å²) in [5, 5.41) is 9.90. The molecule has 2 aromatic rings. The molecule has 0 spiro atoms. The first-order valence-corrected chi connectivity index (χ1v) is 9.27. The Hall–Kier alpha value is -2.41. The molecule has 26 heavy (non-hydrogen) atoms. The molecule has 0 aliphatic carbocycles. The molecular weight excluding hydrogens is 332 g/mol. The molecule has 1 aromatic heterocycles. The van der Waals surface area contributed by atoms with Crippen LogP contribution in [0.25, 0.3) is 0 Å². The number of rotatable bonds is 6. The topological polar surface area (TPSA) is 71.7 Å². The van der Waals surface area contributed by atoms with E-state index in [2.05, 4.69) is 24.0 Å². The van der Waals surface area contributed by atoms with Crippen molar-refractivity contribution < 1.29 is 14.0 Å². The molecule has 2 aliphatic heterocycles. The van der Waals surface area contributed by atoms with Crippen molar-refractivity contribution in [2.75, 3.05) is 6.54 Å². The van der Waals surface area contributed by atoms with E-state index in [1.54, 1.807) is 4.90 Å². The van der Waals surface area contributed by atoms with Gasteiger partial charge in [-0.15, -0.1) is 10.2 Å².